The average molecular weight is 349 g/mol. The number of carbonyl (C=O) groups excluding carboxylic acids is 1. The van der Waals surface area contributed by atoms with Crippen LogP contribution in [0.5, 0.6) is 11.5 Å². The van der Waals surface area contributed by atoms with Crippen LogP contribution in [0.15, 0.2) is 18.2 Å². The molecule has 0 atom stereocenters. The highest BCUT2D eigenvalue weighted by atomic mass is 16.5. The molecule has 1 aliphatic rings. The highest BCUT2D eigenvalue weighted by molar-refractivity contribution is 5.94. The van der Waals surface area contributed by atoms with Gasteiger partial charge in [0.2, 0.25) is 0 Å². The van der Waals surface area contributed by atoms with Gasteiger partial charge in [-0.1, -0.05) is 13.8 Å². The lowest BCUT2D eigenvalue weighted by Crippen LogP contribution is -2.44. The molecule has 1 aliphatic heterocycles. The summed E-state index contributed by atoms with van der Waals surface area (Å²) in [5, 5.41) is 6.32. The van der Waals surface area contributed by atoms with Crippen LogP contribution >= 0.6 is 0 Å². The number of rotatable bonds is 9. The lowest BCUT2D eigenvalue weighted by atomic mass is 10.2. The molecule has 0 radical (unpaired) electrons. The summed E-state index contributed by atoms with van der Waals surface area (Å²) >= 11 is 0. The molecule has 0 unspecified atom stereocenters. The minimum absolute atomic E-state index is 0.0750. The second-order valence-electron chi connectivity index (χ2n) is 6.77. The number of nitrogens with zero attached hydrogens (tertiary/aromatic N) is 1. The number of hydrogen-bond acceptors (Lipinski definition) is 5. The van der Waals surface area contributed by atoms with Gasteiger partial charge >= 0.3 is 0 Å². The molecule has 1 aromatic carbocycles. The van der Waals surface area contributed by atoms with Crippen LogP contribution in [-0.4, -0.2) is 63.8 Å². The van der Waals surface area contributed by atoms with Gasteiger partial charge in [0.1, 0.15) is 0 Å². The molecule has 1 amide bonds. The third kappa shape index (κ3) is 6.55. The molecule has 140 valence electrons. The fourth-order valence-electron chi connectivity index (χ4n) is 2.73. The lowest BCUT2D eigenvalue weighted by molar-refractivity contribution is 0.0951. The molecular formula is C19H31N3O3. The van der Waals surface area contributed by atoms with Crippen LogP contribution in [0.2, 0.25) is 0 Å². The molecule has 2 N–H and O–H groups in total. The van der Waals surface area contributed by atoms with E-state index < -0.39 is 0 Å². The number of piperazine rings is 1. The van der Waals surface area contributed by atoms with Crippen molar-refractivity contribution >= 4 is 5.91 Å². The van der Waals surface area contributed by atoms with Gasteiger partial charge in [0.15, 0.2) is 11.5 Å². The Kier molecular flexibility index (Phi) is 8.01. The van der Waals surface area contributed by atoms with Gasteiger partial charge in [-0.25, -0.2) is 0 Å². The van der Waals surface area contributed by atoms with Crippen LogP contribution < -0.4 is 20.1 Å². The molecule has 0 saturated carbocycles. The molecule has 25 heavy (non-hydrogen) atoms. The lowest BCUT2D eigenvalue weighted by Gasteiger charge is -2.27. The minimum Gasteiger partial charge on any atom is -0.493 e. The maximum absolute atomic E-state index is 12.3. The molecule has 0 aromatic heterocycles. The van der Waals surface area contributed by atoms with Gasteiger partial charge in [0.05, 0.1) is 13.7 Å². The molecule has 1 saturated heterocycles. The van der Waals surface area contributed by atoms with E-state index in [2.05, 4.69) is 29.4 Å². The van der Waals surface area contributed by atoms with E-state index in [-0.39, 0.29) is 5.91 Å². The molecule has 0 aliphatic carbocycles. The van der Waals surface area contributed by atoms with E-state index in [1.807, 2.05) is 0 Å². The maximum atomic E-state index is 12.3. The summed E-state index contributed by atoms with van der Waals surface area (Å²) in [6.07, 6.45) is 0.957. The third-order valence-corrected chi connectivity index (χ3v) is 4.14. The van der Waals surface area contributed by atoms with Crippen molar-refractivity contribution in [3.05, 3.63) is 23.8 Å². The van der Waals surface area contributed by atoms with Gasteiger partial charge in [0, 0.05) is 38.3 Å². The van der Waals surface area contributed by atoms with Crippen molar-refractivity contribution < 1.29 is 14.3 Å². The minimum atomic E-state index is -0.0750. The fraction of sp³-hybridized carbons (Fsp3) is 0.632. The van der Waals surface area contributed by atoms with Crippen LogP contribution in [0.1, 0.15) is 30.6 Å². The Morgan fingerprint density at radius 2 is 2.04 bits per heavy atom. The SMILES string of the molecule is COc1cc(C(=O)NCCCN2CCNCC2)ccc1OCC(C)C. The van der Waals surface area contributed by atoms with Crippen molar-refractivity contribution in [2.75, 3.05) is 53.0 Å². The Balaban J connectivity index is 1.79. The van der Waals surface area contributed by atoms with Crippen molar-refractivity contribution in [3.8, 4) is 11.5 Å². The van der Waals surface area contributed by atoms with Crippen molar-refractivity contribution in [2.24, 2.45) is 5.92 Å². The molecule has 1 aromatic rings. The molecule has 2 rings (SSSR count). The summed E-state index contributed by atoms with van der Waals surface area (Å²) in [7, 11) is 1.59. The predicted octanol–water partition coefficient (Wildman–Crippen LogP) is 1.76. The number of carbonyl (C=O) groups is 1. The largest absolute Gasteiger partial charge is 0.493 e. The van der Waals surface area contributed by atoms with E-state index in [0.29, 0.717) is 36.1 Å². The molecule has 1 fully saturated rings. The van der Waals surface area contributed by atoms with E-state index in [1.54, 1.807) is 25.3 Å². The number of hydrogen-bond donors (Lipinski definition) is 2. The first kappa shape index (κ1) is 19.5. The topological polar surface area (TPSA) is 62.8 Å². The molecular weight excluding hydrogens is 318 g/mol. The van der Waals surface area contributed by atoms with Crippen molar-refractivity contribution in [2.45, 2.75) is 20.3 Å². The van der Waals surface area contributed by atoms with E-state index in [9.17, 15) is 4.79 Å². The number of ether oxygens (including phenoxy) is 2. The van der Waals surface area contributed by atoms with Gasteiger partial charge in [-0.3, -0.25) is 4.79 Å². The summed E-state index contributed by atoms with van der Waals surface area (Å²) in [4.78, 5) is 14.7. The quantitative estimate of drug-likeness (QED) is 0.665. The van der Waals surface area contributed by atoms with Crippen LogP contribution in [0.25, 0.3) is 0 Å². The first-order valence-corrected chi connectivity index (χ1v) is 9.12. The smallest absolute Gasteiger partial charge is 0.251 e. The van der Waals surface area contributed by atoms with Gasteiger partial charge in [-0.2, -0.15) is 0 Å². The van der Waals surface area contributed by atoms with Crippen LogP contribution in [0, 0.1) is 5.92 Å². The predicted molar refractivity (Wildman–Crippen MR) is 99.6 cm³/mol. The summed E-state index contributed by atoms with van der Waals surface area (Å²) < 4.78 is 11.1. The van der Waals surface area contributed by atoms with Crippen molar-refractivity contribution in [1.82, 2.24) is 15.5 Å². The Morgan fingerprint density at radius 3 is 2.72 bits per heavy atom. The Bertz CT molecular complexity index is 543. The summed E-state index contributed by atoms with van der Waals surface area (Å²) in [5.74, 6) is 1.62. The summed E-state index contributed by atoms with van der Waals surface area (Å²) in [6.45, 7) is 10.8. The third-order valence-electron chi connectivity index (χ3n) is 4.14. The summed E-state index contributed by atoms with van der Waals surface area (Å²) in [6, 6.07) is 5.32. The Morgan fingerprint density at radius 1 is 1.28 bits per heavy atom. The highest BCUT2D eigenvalue weighted by Gasteiger charge is 2.12. The number of amides is 1. The van der Waals surface area contributed by atoms with Crippen LogP contribution in [0.3, 0.4) is 0 Å². The summed E-state index contributed by atoms with van der Waals surface area (Å²) in [5.41, 5.74) is 0.593. The van der Waals surface area contributed by atoms with Crippen molar-refractivity contribution in [3.63, 3.8) is 0 Å². The van der Waals surface area contributed by atoms with Gasteiger partial charge in [0.25, 0.3) is 5.91 Å². The van der Waals surface area contributed by atoms with Gasteiger partial charge < -0.3 is 25.0 Å². The van der Waals surface area contributed by atoms with E-state index in [4.69, 9.17) is 9.47 Å². The normalized spacial score (nSPS) is 15.2. The molecule has 6 nitrogen and oxygen atoms in total. The maximum Gasteiger partial charge on any atom is 0.251 e. The zero-order valence-corrected chi connectivity index (χ0v) is 15.6. The van der Waals surface area contributed by atoms with Gasteiger partial charge in [-0.05, 0) is 37.1 Å². The van der Waals surface area contributed by atoms with E-state index >= 15 is 0 Å². The fourth-order valence-corrected chi connectivity index (χ4v) is 2.73. The second kappa shape index (κ2) is 10.3. The molecule has 1 heterocycles. The number of nitrogens with one attached hydrogen (secondary N) is 2. The van der Waals surface area contributed by atoms with Crippen LogP contribution in [-0.2, 0) is 0 Å². The number of benzene rings is 1. The monoisotopic (exact) mass is 349 g/mol. The number of methoxy groups -OCH3 is 1. The second-order valence-corrected chi connectivity index (χ2v) is 6.77. The highest BCUT2D eigenvalue weighted by Crippen LogP contribution is 2.28. The first-order chi connectivity index (χ1) is 12.1. The molecule has 0 spiro atoms. The van der Waals surface area contributed by atoms with Crippen molar-refractivity contribution in [1.29, 1.82) is 0 Å². The average Bonchev–Trinajstić information content (AvgIpc) is 2.64. The van der Waals surface area contributed by atoms with E-state index in [1.165, 1.54) is 0 Å². The first-order valence-electron chi connectivity index (χ1n) is 9.12. The molecule has 0 bridgehead atoms. The Labute approximate surface area is 150 Å². The Hall–Kier alpha value is -1.79. The van der Waals surface area contributed by atoms with Crippen LogP contribution in [0.4, 0.5) is 0 Å². The zero-order chi connectivity index (χ0) is 18.1. The molecule has 6 heteroatoms. The standard InChI is InChI=1S/C19H31N3O3/c1-15(2)14-25-17-6-5-16(13-18(17)24-3)19(23)21-7-4-10-22-11-8-20-9-12-22/h5-6,13,15,20H,4,7-12,14H2,1-3H3,(H,21,23). The van der Waals surface area contributed by atoms with E-state index in [0.717, 1.165) is 39.1 Å². The zero-order valence-electron chi connectivity index (χ0n) is 15.6. The van der Waals surface area contributed by atoms with Gasteiger partial charge in [-0.15, -0.1) is 0 Å².